The molecule has 0 spiro atoms. The highest BCUT2D eigenvalue weighted by molar-refractivity contribution is 8.26. The standard InChI is InChI=1S/C14H12N2O5S2/c17-9-3-1-8(2-4-9)5-10-13(21)16(14(22)23-10)7-11(18)15-6-12(19)20/h1-5,17H,6-7H2,(H,15,18)(H,19,20)/b10-5-. The van der Waals surface area contributed by atoms with Gasteiger partial charge in [0.2, 0.25) is 5.91 Å². The van der Waals surface area contributed by atoms with Crippen molar-refractivity contribution in [1.82, 2.24) is 10.2 Å². The third kappa shape index (κ3) is 4.54. The van der Waals surface area contributed by atoms with Gasteiger partial charge < -0.3 is 15.5 Å². The van der Waals surface area contributed by atoms with E-state index in [2.05, 4.69) is 5.32 Å². The Hall–Kier alpha value is -2.39. The molecule has 120 valence electrons. The topological polar surface area (TPSA) is 107 Å². The maximum atomic E-state index is 12.3. The number of thioether (sulfide) groups is 1. The van der Waals surface area contributed by atoms with Gasteiger partial charge in [0.15, 0.2) is 0 Å². The van der Waals surface area contributed by atoms with Gasteiger partial charge >= 0.3 is 5.97 Å². The summed E-state index contributed by atoms with van der Waals surface area (Å²) in [6, 6.07) is 6.26. The van der Waals surface area contributed by atoms with Crippen LogP contribution in [0.15, 0.2) is 29.2 Å². The summed E-state index contributed by atoms with van der Waals surface area (Å²) in [7, 11) is 0. The third-order valence-electron chi connectivity index (χ3n) is 2.80. The molecule has 0 aliphatic carbocycles. The van der Waals surface area contributed by atoms with Gasteiger partial charge in [0.25, 0.3) is 5.91 Å². The zero-order valence-corrected chi connectivity index (χ0v) is 13.3. The molecule has 0 atom stereocenters. The van der Waals surface area contributed by atoms with Crippen molar-refractivity contribution in [2.75, 3.05) is 13.1 Å². The van der Waals surface area contributed by atoms with Crippen molar-refractivity contribution in [1.29, 1.82) is 0 Å². The minimum atomic E-state index is -1.17. The molecule has 7 nitrogen and oxygen atoms in total. The Labute approximate surface area is 141 Å². The number of phenols is 1. The Morgan fingerprint density at radius 3 is 2.57 bits per heavy atom. The van der Waals surface area contributed by atoms with Gasteiger partial charge in [-0.25, -0.2) is 0 Å². The number of nitrogens with zero attached hydrogens (tertiary/aromatic N) is 1. The first-order valence-electron chi connectivity index (χ1n) is 6.39. The number of benzene rings is 1. The molecule has 9 heteroatoms. The predicted molar refractivity (Wildman–Crippen MR) is 88.6 cm³/mol. The highest BCUT2D eigenvalue weighted by Crippen LogP contribution is 2.32. The zero-order valence-electron chi connectivity index (χ0n) is 11.7. The lowest BCUT2D eigenvalue weighted by Crippen LogP contribution is -2.41. The first-order chi connectivity index (χ1) is 10.9. The molecule has 1 aliphatic heterocycles. The molecule has 2 amide bonds. The maximum absolute atomic E-state index is 12.3. The molecule has 1 heterocycles. The number of rotatable bonds is 5. The molecule has 0 bridgehead atoms. The summed E-state index contributed by atoms with van der Waals surface area (Å²) in [5.41, 5.74) is 0.707. The van der Waals surface area contributed by atoms with E-state index >= 15 is 0 Å². The van der Waals surface area contributed by atoms with E-state index in [-0.39, 0.29) is 16.6 Å². The van der Waals surface area contributed by atoms with Crippen LogP contribution in [-0.2, 0) is 14.4 Å². The number of nitrogens with one attached hydrogen (secondary N) is 1. The van der Waals surface area contributed by atoms with E-state index in [0.29, 0.717) is 10.5 Å². The Bertz CT molecular complexity index is 700. The summed E-state index contributed by atoms with van der Waals surface area (Å²) in [4.78, 5) is 35.7. The lowest BCUT2D eigenvalue weighted by molar-refractivity contribution is -0.138. The number of phenolic OH excluding ortho intramolecular Hbond substituents is 1. The van der Waals surface area contributed by atoms with Crippen molar-refractivity contribution in [3.63, 3.8) is 0 Å². The molecule has 3 N–H and O–H groups in total. The fourth-order valence-electron chi connectivity index (χ4n) is 1.73. The maximum Gasteiger partial charge on any atom is 0.322 e. The van der Waals surface area contributed by atoms with E-state index in [0.717, 1.165) is 16.7 Å². The molecule has 0 aromatic heterocycles. The normalized spacial score (nSPS) is 16.0. The Morgan fingerprint density at radius 2 is 1.96 bits per heavy atom. The van der Waals surface area contributed by atoms with Gasteiger partial charge in [-0.3, -0.25) is 19.3 Å². The number of hydrogen-bond acceptors (Lipinski definition) is 6. The molecule has 0 saturated carbocycles. The number of amides is 2. The van der Waals surface area contributed by atoms with Gasteiger partial charge in [0.1, 0.15) is 23.2 Å². The second-order valence-corrected chi connectivity index (χ2v) is 6.21. The van der Waals surface area contributed by atoms with Crippen molar-refractivity contribution in [3.05, 3.63) is 34.7 Å². The molecule has 0 unspecified atom stereocenters. The number of aromatic hydroxyl groups is 1. The van der Waals surface area contributed by atoms with E-state index in [1.807, 2.05) is 0 Å². The van der Waals surface area contributed by atoms with E-state index in [1.54, 1.807) is 18.2 Å². The van der Waals surface area contributed by atoms with Gasteiger partial charge in [0.05, 0.1) is 4.91 Å². The Morgan fingerprint density at radius 1 is 1.30 bits per heavy atom. The van der Waals surface area contributed by atoms with Crippen LogP contribution in [0.5, 0.6) is 5.75 Å². The summed E-state index contributed by atoms with van der Waals surface area (Å²) in [5, 5.41) is 19.9. The minimum absolute atomic E-state index is 0.116. The molecule has 2 rings (SSSR count). The lowest BCUT2D eigenvalue weighted by Gasteiger charge is -2.13. The zero-order chi connectivity index (χ0) is 17.0. The fourth-order valence-corrected chi connectivity index (χ4v) is 2.99. The average Bonchev–Trinajstić information content (AvgIpc) is 2.75. The summed E-state index contributed by atoms with van der Waals surface area (Å²) in [6.45, 7) is -0.845. The number of aliphatic carboxylic acids is 1. The van der Waals surface area contributed by atoms with E-state index in [1.165, 1.54) is 12.1 Å². The number of carbonyl (C=O) groups is 3. The second kappa shape index (κ2) is 7.25. The van der Waals surface area contributed by atoms with E-state index in [4.69, 9.17) is 17.3 Å². The molecular weight excluding hydrogens is 340 g/mol. The Kier molecular flexibility index (Phi) is 5.35. The first-order valence-corrected chi connectivity index (χ1v) is 7.62. The van der Waals surface area contributed by atoms with Crippen molar-refractivity contribution >= 4 is 52.2 Å². The van der Waals surface area contributed by atoms with Crippen molar-refractivity contribution < 1.29 is 24.6 Å². The van der Waals surface area contributed by atoms with Crippen LogP contribution in [-0.4, -0.2) is 50.3 Å². The van der Waals surface area contributed by atoms with Gasteiger partial charge in [0, 0.05) is 0 Å². The average molecular weight is 352 g/mol. The highest BCUT2D eigenvalue weighted by atomic mass is 32.2. The smallest absolute Gasteiger partial charge is 0.322 e. The number of hydrogen-bond donors (Lipinski definition) is 3. The van der Waals surface area contributed by atoms with Crippen LogP contribution in [0.3, 0.4) is 0 Å². The fraction of sp³-hybridized carbons (Fsp3) is 0.143. The molecule has 1 aromatic rings. The monoisotopic (exact) mass is 352 g/mol. The Balaban J connectivity index is 2.06. The molecule has 1 aliphatic rings. The van der Waals surface area contributed by atoms with Crippen LogP contribution < -0.4 is 5.32 Å². The third-order valence-corrected chi connectivity index (χ3v) is 4.18. The molecule has 1 saturated heterocycles. The van der Waals surface area contributed by atoms with Crippen LogP contribution in [0.2, 0.25) is 0 Å². The predicted octanol–water partition coefficient (Wildman–Crippen LogP) is 0.794. The quantitative estimate of drug-likeness (QED) is 0.531. The summed E-state index contributed by atoms with van der Waals surface area (Å²) in [5.74, 6) is -2.08. The van der Waals surface area contributed by atoms with Crippen LogP contribution in [0, 0.1) is 0 Å². The number of carbonyl (C=O) groups excluding carboxylic acids is 2. The molecule has 1 fully saturated rings. The summed E-state index contributed by atoms with van der Waals surface area (Å²) < 4.78 is 0.227. The summed E-state index contributed by atoms with van der Waals surface area (Å²) in [6.07, 6.45) is 1.61. The largest absolute Gasteiger partial charge is 0.508 e. The van der Waals surface area contributed by atoms with Crippen molar-refractivity contribution in [2.45, 2.75) is 0 Å². The molecular formula is C14H12N2O5S2. The molecule has 23 heavy (non-hydrogen) atoms. The SMILES string of the molecule is O=C(O)CNC(=O)CN1C(=O)/C(=C/c2ccc(O)cc2)SC1=S. The van der Waals surface area contributed by atoms with Gasteiger partial charge in [-0.15, -0.1) is 0 Å². The van der Waals surface area contributed by atoms with Gasteiger partial charge in [-0.1, -0.05) is 36.1 Å². The van der Waals surface area contributed by atoms with Crippen molar-refractivity contribution in [3.8, 4) is 5.75 Å². The van der Waals surface area contributed by atoms with Crippen molar-refractivity contribution in [2.24, 2.45) is 0 Å². The number of carboxylic acid groups (broad SMARTS) is 1. The van der Waals surface area contributed by atoms with E-state index in [9.17, 15) is 19.5 Å². The second-order valence-electron chi connectivity index (χ2n) is 4.53. The number of carboxylic acids is 1. The summed E-state index contributed by atoms with van der Waals surface area (Å²) >= 11 is 6.13. The van der Waals surface area contributed by atoms with Crippen LogP contribution in [0.4, 0.5) is 0 Å². The van der Waals surface area contributed by atoms with Gasteiger partial charge in [-0.05, 0) is 23.8 Å². The first kappa shape index (κ1) is 17.0. The molecule has 1 aromatic carbocycles. The van der Waals surface area contributed by atoms with Crippen LogP contribution >= 0.6 is 24.0 Å². The van der Waals surface area contributed by atoms with Crippen LogP contribution in [0.1, 0.15) is 5.56 Å². The van der Waals surface area contributed by atoms with Gasteiger partial charge in [-0.2, -0.15) is 0 Å². The lowest BCUT2D eigenvalue weighted by atomic mass is 10.2. The number of thiocarbonyl (C=S) groups is 1. The molecule has 0 radical (unpaired) electrons. The highest BCUT2D eigenvalue weighted by Gasteiger charge is 2.33. The van der Waals surface area contributed by atoms with Crippen LogP contribution in [0.25, 0.3) is 6.08 Å². The van der Waals surface area contributed by atoms with E-state index < -0.39 is 24.3 Å². The minimum Gasteiger partial charge on any atom is -0.508 e.